The lowest BCUT2D eigenvalue weighted by molar-refractivity contribution is -0.122. The lowest BCUT2D eigenvalue weighted by Crippen LogP contribution is -2.30. The van der Waals surface area contributed by atoms with E-state index in [0.29, 0.717) is 22.7 Å². The van der Waals surface area contributed by atoms with Crippen molar-refractivity contribution in [2.75, 3.05) is 10.6 Å². The monoisotopic (exact) mass is 323 g/mol. The van der Waals surface area contributed by atoms with Gasteiger partial charge in [-0.15, -0.1) is 0 Å². The maximum atomic E-state index is 12.2. The summed E-state index contributed by atoms with van der Waals surface area (Å²) in [7, 11) is 0. The van der Waals surface area contributed by atoms with Crippen LogP contribution in [0.3, 0.4) is 0 Å². The van der Waals surface area contributed by atoms with Crippen molar-refractivity contribution in [3.05, 3.63) is 54.1 Å². The molecule has 0 saturated carbocycles. The molecule has 2 N–H and O–H groups in total. The largest absolute Gasteiger partial charge is 0.481 e. The van der Waals surface area contributed by atoms with E-state index in [1.165, 1.54) is 6.92 Å². The molecule has 2 amide bonds. The minimum atomic E-state index is -0.728. The molecule has 0 radical (unpaired) electrons. The van der Waals surface area contributed by atoms with E-state index in [-0.39, 0.29) is 11.8 Å². The Hall–Kier alpha value is -3.33. The van der Waals surface area contributed by atoms with Crippen LogP contribution in [-0.2, 0) is 9.59 Å². The molecule has 2 aromatic carbocycles. The zero-order valence-electron chi connectivity index (χ0n) is 13.4. The van der Waals surface area contributed by atoms with Crippen LogP contribution in [0.4, 0.5) is 11.4 Å². The third-order valence-electron chi connectivity index (χ3n) is 3.12. The van der Waals surface area contributed by atoms with Crippen molar-refractivity contribution in [2.24, 2.45) is 0 Å². The summed E-state index contributed by atoms with van der Waals surface area (Å²) in [4.78, 5) is 23.1. The number of benzene rings is 2. The maximum Gasteiger partial charge on any atom is 0.265 e. The number of anilines is 2. The van der Waals surface area contributed by atoms with Crippen LogP contribution in [0.2, 0.25) is 0 Å². The first kappa shape index (κ1) is 17.0. The molecule has 0 aromatic heterocycles. The molecule has 0 aliphatic rings. The molecule has 0 fully saturated rings. The van der Waals surface area contributed by atoms with Crippen molar-refractivity contribution in [1.29, 1.82) is 5.26 Å². The van der Waals surface area contributed by atoms with Gasteiger partial charge >= 0.3 is 0 Å². The Morgan fingerprint density at radius 1 is 1.08 bits per heavy atom. The van der Waals surface area contributed by atoms with Gasteiger partial charge in [-0.25, -0.2) is 0 Å². The molecule has 0 bridgehead atoms. The zero-order valence-corrected chi connectivity index (χ0v) is 13.4. The second kappa shape index (κ2) is 7.79. The summed E-state index contributed by atoms with van der Waals surface area (Å²) >= 11 is 0. The third kappa shape index (κ3) is 4.85. The van der Waals surface area contributed by atoms with Gasteiger partial charge in [-0.2, -0.15) is 5.26 Å². The van der Waals surface area contributed by atoms with Crippen LogP contribution in [0.25, 0.3) is 0 Å². The number of nitrogens with one attached hydrogen (secondary N) is 2. The number of carbonyl (C=O) groups excluding carboxylic acids is 2. The van der Waals surface area contributed by atoms with E-state index in [1.807, 2.05) is 6.07 Å². The lowest BCUT2D eigenvalue weighted by atomic mass is 10.2. The molecule has 1 unspecified atom stereocenters. The first-order chi connectivity index (χ1) is 11.5. The van der Waals surface area contributed by atoms with Crippen LogP contribution in [0.5, 0.6) is 5.75 Å². The molecule has 24 heavy (non-hydrogen) atoms. The number of ether oxygens (including phenoxy) is 1. The molecule has 122 valence electrons. The van der Waals surface area contributed by atoms with E-state index in [4.69, 9.17) is 10.00 Å². The molecular weight excluding hydrogens is 306 g/mol. The molecule has 0 heterocycles. The molecule has 2 rings (SSSR count). The van der Waals surface area contributed by atoms with Crippen LogP contribution in [0, 0.1) is 11.3 Å². The van der Waals surface area contributed by atoms with E-state index in [1.54, 1.807) is 55.5 Å². The van der Waals surface area contributed by atoms with Crippen LogP contribution >= 0.6 is 0 Å². The van der Waals surface area contributed by atoms with E-state index >= 15 is 0 Å². The van der Waals surface area contributed by atoms with Crippen molar-refractivity contribution in [1.82, 2.24) is 0 Å². The SMILES string of the molecule is CC(=O)Nc1ccc(NC(=O)C(C)Oc2cccc(C#N)c2)cc1. The zero-order chi connectivity index (χ0) is 17.5. The molecule has 6 nitrogen and oxygen atoms in total. The Morgan fingerprint density at radius 3 is 2.29 bits per heavy atom. The number of rotatable bonds is 5. The van der Waals surface area contributed by atoms with Crippen molar-refractivity contribution in [2.45, 2.75) is 20.0 Å². The van der Waals surface area contributed by atoms with Gasteiger partial charge in [0.05, 0.1) is 11.6 Å². The summed E-state index contributed by atoms with van der Waals surface area (Å²) in [6, 6.07) is 15.4. The minimum Gasteiger partial charge on any atom is -0.481 e. The average molecular weight is 323 g/mol. The van der Waals surface area contributed by atoms with Crippen LogP contribution in [0.1, 0.15) is 19.4 Å². The van der Waals surface area contributed by atoms with Gasteiger partial charge in [-0.05, 0) is 49.4 Å². The molecule has 0 aliphatic heterocycles. The van der Waals surface area contributed by atoms with E-state index in [2.05, 4.69) is 10.6 Å². The second-order valence-electron chi connectivity index (χ2n) is 5.15. The predicted octanol–water partition coefficient (Wildman–Crippen LogP) is 2.92. The smallest absolute Gasteiger partial charge is 0.265 e. The minimum absolute atomic E-state index is 0.159. The highest BCUT2D eigenvalue weighted by Crippen LogP contribution is 2.17. The average Bonchev–Trinajstić information content (AvgIpc) is 2.56. The van der Waals surface area contributed by atoms with Gasteiger partial charge in [0.15, 0.2) is 6.10 Å². The van der Waals surface area contributed by atoms with Gasteiger partial charge < -0.3 is 15.4 Å². The number of nitrogens with zero attached hydrogens (tertiary/aromatic N) is 1. The summed E-state index contributed by atoms with van der Waals surface area (Å²) in [6.45, 7) is 3.05. The number of nitriles is 1. The Morgan fingerprint density at radius 2 is 1.71 bits per heavy atom. The summed E-state index contributed by atoms with van der Waals surface area (Å²) in [6.07, 6.45) is -0.728. The normalized spacial score (nSPS) is 11.0. The fraction of sp³-hybridized carbons (Fsp3) is 0.167. The predicted molar refractivity (Wildman–Crippen MR) is 90.6 cm³/mol. The van der Waals surface area contributed by atoms with Gasteiger partial charge in [-0.1, -0.05) is 6.07 Å². The topological polar surface area (TPSA) is 91.2 Å². The number of hydrogen-bond acceptors (Lipinski definition) is 4. The van der Waals surface area contributed by atoms with E-state index < -0.39 is 6.10 Å². The van der Waals surface area contributed by atoms with Gasteiger partial charge in [0.25, 0.3) is 5.91 Å². The Kier molecular flexibility index (Phi) is 5.53. The second-order valence-corrected chi connectivity index (χ2v) is 5.15. The lowest BCUT2D eigenvalue weighted by Gasteiger charge is -2.15. The Labute approximate surface area is 140 Å². The molecule has 0 saturated heterocycles. The molecule has 6 heteroatoms. The highest BCUT2D eigenvalue weighted by Gasteiger charge is 2.15. The maximum absolute atomic E-state index is 12.2. The van der Waals surface area contributed by atoms with Crippen molar-refractivity contribution in [3.8, 4) is 11.8 Å². The van der Waals surface area contributed by atoms with E-state index in [0.717, 1.165) is 0 Å². The van der Waals surface area contributed by atoms with E-state index in [9.17, 15) is 9.59 Å². The standard InChI is InChI=1S/C18H17N3O3/c1-12(24-17-5-3-4-14(10-17)11-19)18(23)21-16-8-6-15(7-9-16)20-13(2)22/h3-10,12H,1-2H3,(H,20,22)(H,21,23). The molecule has 0 aliphatic carbocycles. The Balaban J connectivity index is 1.95. The fourth-order valence-corrected chi connectivity index (χ4v) is 1.98. The highest BCUT2D eigenvalue weighted by molar-refractivity contribution is 5.94. The highest BCUT2D eigenvalue weighted by atomic mass is 16.5. The number of carbonyl (C=O) groups is 2. The first-order valence-electron chi connectivity index (χ1n) is 7.33. The Bertz CT molecular complexity index is 779. The van der Waals surface area contributed by atoms with Crippen molar-refractivity contribution < 1.29 is 14.3 Å². The quantitative estimate of drug-likeness (QED) is 0.885. The third-order valence-corrected chi connectivity index (χ3v) is 3.12. The van der Waals surface area contributed by atoms with Crippen LogP contribution in [-0.4, -0.2) is 17.9 Å². The first-order valence-corrected chi connectivity index (χ1v) is 7.33. The van der Waals surface area contributed by atoms with Gasteiger partial charge in [0, 0.05) is 18.3 Å². The summed E-state index contributed by atoms with van der Waals surface area (Å²) in [5, 5.41) is 14.2. The van der Waals surface area contributed by atoms with Crippen molar-refractivity contribution >= 4 is 23.2 Å². The van der Waals surface area contributed by atoms with Crippen molar-refractivity contribution in [3.63, 3.8) is 0 Å². The molecule has 1 atom stereocenters. The molecular formula is C18H17N3O3. The van der Waals surface area contributed by atoms with Gasteiger partial charge in [-0.3, -0.25) is 9.59 Å². The van der Waals surface area contributed by atoms with Crippen LogP contribution in [0.15, 0.2) is 48.5 Å². The summed E-state index contributed by atoms with van der Waals surface area (Å²) < 4.78 is 5.55. The number of hydrogen-bond donors (Lipinski definition) is 2. The van der Waals surface area contributed by atoms with Gasteiger partial charge in [0.1, 0.15) is 5.75 Å². The molecule has 2 aromatic rings. The fourth-order valence-electron chi connectivity index (χ4n) is 1.98. The summed E-state index contributed by atoms with van der Waals surface area (Å²) in [5.74, 6) is -0.0178. The number of amides is 2. The van der Waals surface area contributed by atoms with Crippen LogP contribution < -0.4 is 15.4 Å². The van der Waals surface area contributed by atoms with Gasteiger partial charge in [0.2, 0.25) is 5.91 Å². The summed E-state index contributed by atoms with van der Waals surface area (Å²) in [5.41, 5.74) is 1.71. The molecule has 0 spiro atoms.